The van der Waals surface area contributed by atoms with Crippen LogP contribution in [-0.4, -0.2) is 96.9 Å². The summed E-state index contributed by atoms with van der Waals surface area (Å²) < 4.78 is 39.9. The SMILES string of the molecule is O=S([O-])C[C@@H](O)[C@H](O)CSSCCSSC[C@@H](O)[C@H](O)CS(=O)O.[Na+].[Na+]. The molecule has 0 heterocycles. The molecule has 0 aromatic heterocycles. The van der Waals surface area contributed by atoms with Crippen LogP contribution in [0.5, 0.6) is 0 Å². The predicted octanol–water partition coefficient (Wildman–Crippen LogP) is -6.70. The van der Waals surface area contributed by atoms with Crippen molar-refractivity contribution in [2.75, 3.05) is 34.5 Å². The first kappa shape index (κ1) is 34.1. The van der Waals surface area contributed by atoms with E-state index in [1.54, 1.807) is 0 Å². The van der Waals surface area contributed by atoms with Gasteiger partial charge in [0, 0.05) is 28.8 Å². The fourth-order valence-electron chi connectivity index (χ4n) is 1.15. The summed E-state index contributed by atoms with van der Waals surface area (Å²) in [5, 5.41) is 37.8. The van der Waals surface area contributed by atoms with Crippen molar-refractivity contribution < 1.29 is 97.1 Å². The second-order valence-corrected chi connectivity index (χ2v) is 11.6. The average Bonchev–Trinajstić information content (AvgIpc) is 2.47. The Bertz CT molecular complexity index is 351. The molecule has 0 saturated heterocycles. The zero-order chi connectivity index (χ0) is 18.5. The Hall–Kier alpha value is 3.46. The van der Waals surface area contributed by atoms with E-state index in [1.165, 1.54) is 43.2 Å². The third-order valence-corrected chi connectivity index (χ3v) is 8.75. The summed E-state index contributed by atoms with van der Waals surface area (Å²) in [7, 11) is 5.60. The van der Waals surface area contributed by atoms with Gasteiger partial charge in [0.1, 0.15) is 0 Å². The molecular weight excluding hydrogens is 486 g/mol. The first-order valence-corrected chi connectivity index (χ1v) is 14.1. The van der Waals surface area contributed by atoms with E-state index >= 15 is 0 Å². The maximum atomic E-state index is 10.5. The number of aliphatic hydroxyl groups excluding tert-OH is 4. The minimum Gasteiger partial charge on any atom is -0.772 e. The van der Waals surface area contributed by atoms with Gasteiger partial charge in [0.25, 0.3) is 0 Å². The Morgan fingerprint density at radius 2 is 1.12 bits per heavy atom. The molecule has 0 rings (SSSR count). The zero-order valence-corrected chi connectivity index (χ0v) is 23.4. The maximum absolute atomic E-state index is 10.5. The standard InChI is InChI=1S/C10H22O8S6.2Na/c11-7(9(13)5-23(15)16)3-21-19-1-2-20-22-4-8(12)10(14)6-24(17)18;;/h7-14H,1-6H2,(H,15,16)(H,17,18);;/q;2*+1/p-1/t7-,8-,9-,10-;;/m1../s1. The Kier molecular flexibility index (Phi) is 28.4. The van der Waals surface area contributed by atoms with Gasteiger partial charge in [-0.25, -0.2) is 4.21 Å². The van der Waals surface area contributed by atoms with E-state index in [-0.39, 0.29) is 76.4 Å². The fourth-order valence-corrected chi connectivity index (χ4v) is 7.21. The van der Waals surface area contributed by atoms with E-state index in [4.69, 9.17) is 4.55 Å². The van der Waals surface area contributed by atoms with Crippen LogP contribution in [0.4, 0.5) is 0 Å². The number of rotatable bonds is 15. The van der Waals surface area contributed by atoms with Crippen molar-refractivity contribution in [1.82, 2.24) is 0 Å². The molecule has 2 unspecified atom stereocenters. The second-order valence-electron chi connectivity index (χ2n) is 4.44. The van der Waals surface area contributed by atoms with Crippen LogP contribution in [0, 0.1) is 0 Å². The molecule has 0 aromatic carbocycles. The van der Waals surface area contributed by atoms with E-state index in [9.17, 15) is 33.4 Å². The minimum absolute atomic E-state index is 0. The summed E-state index contributed by atoms with van der Waals surface area (Å²) in [5.41, 5.74) is 0. The topological polar surface area (TPSA) is 158 Å². The molecule has 0 amide bonds. The number of hydrogen-bond donors (Lipinski definition) is 5. The normalized spacial score (nSPS) is 17.9. The third-order valence-electron chi connectivity index (χ3n) is 2.40. The smallest absolute Gasteiger partial charge is 0.772 e. The second kappa shape index (κ2) is 21.7. The fraction of sp³-hybridized carbons (Fsp3) is 1.00. The molecule has 6 atom stereocenters. The van der Waals surface area contributed by atoms with Crippen molar-refractivity contribution in [1.29, 1.82) is 0 Å². The first-order valence-electron chi connectivity index (χ1n) is 6.58. The van der Waals surface area contributed by atoms with Crippen molar-refractivity contribution >= 4 is 65.3 Å². The van der Waals surface area contributed by atoms with Gasteiger partial charge in [-0.3, -0.25) is 4.21 Å². The first-order chi connectivity index (χ1) is 11.2. The van der Waals surface area contributed by atoms with Crippen molar-refractivity contribution in [2.24, 2.45) is 0 Å². The predicted molar refractivity (Wildman–Crippen MR) is 103 cm³/mol. The molecule has 0 aliphatic heterocycles. The molecule has 0 aliphatic carbocycles. The van der Waals surface area contributed by atoms with Crippen LogP contribution in [0.25, 0.3) is 0 Å². The Labute approximate surface area is 218 Å². The molecule has 26 heavy (non-hydrogen) atoms. The summed E-state index contributed by atoms with van der Waals surface area (Å²) >= 11 is -4.54. The van der Waals surface area contributed by atoms with Gasteiger partial charge in [-0.1, -0.05) is 54.3 Å². The summed E-state index contributed by atoms with van der Waals surface area (Å²) in [6.07, 6.45) is -4.69. The summed E-state index contributed by atoms with van der Waals surface area (Å²) in [6.45, 7) is 0. The molecule has 0 fully saturated rings. The quantitative estimate of drug-likeness (QED) is 0.0618. The van der Waals surface area contributed by atoms with E-state index in [2.05, 4.69) is 0 Å². The molecule has 0 aliphatic rings. The Balaban J connectivity index is -0.00000264. The van der Waals surface area contributed by atoms with Crippen LogP contribution in [-0.2, 0) is 22.2 Å². The monoisotopic (exact) mass is 507 g/mol. The van der Waals surface area contributed by atoms with Crippen LogP contribution in [0.1, 0.15) is 0 Å². The number of hydrogen-bond acceptors (Lipinski definition) is 11. The van der Waals surface area contributed by atoms with Gasteiger partial charge in [0.05, 0.1) is 30.2 Å². The third kappa shape index (κ3) is 20.7. The van der Waals surface area contributed by atoms with Crippen molar-refractivity contribution in [3.63, 3.8) is 0 Å². The average molecular weight is 508 g/mol. The van der Waals surface area contributed by atoms with Gasteiger partial charge >= 0.3 is 59.1 Å². The molecule has 16 heteroatoms. The summed E-state index contributed by atoms with van der Waals surface area (Å²) in [5.74, 6) is 1.05. The van der Waals surface area contributed by atoms with Crippen LogP contribution in [0.3, 0.4) is 0 Å². The van der Waals surface area contributed by atoms with Crippen LogP contribution >= 0.6 is 43.2 Å². The van der Waals surface area contributed by atoms with Gasteiger partial charge in [-0.15, -0.1) is 0 Å². The van der Waals surface area contributed by atoms with E-state index in [1.807, 2.05) is 0 Å². The van der Waals surface area contributed by atoms with E-state index < -0.39 is 52.3 Å². The van der Waals surface area contributed by atoms with Gasteiger partial charge in [-0.2, -0.15) is 0 Å². The van der Waals surface area contributed by atoms with E-state index in [0.29, 0.717) is 0 Å². The summed E-state index contributed by atoms with van der Waals surface area (Å²) in [6, 6.07) is 0. The van der Waals surface area contributed by atoms with Crippen LogP contribution in [0.2, 0.25) is 0 Å². The van der Waals surface area contributed by atoms with Gasteiger partial charge < -0.3 is 29.5 Å². The zero-order valence-electron chi connectivity index (χ0n) is 14.5. The van der Waals surface area contributed by atoms with Crippen molar-refractivity contribution in [3.05, 3.63) is 0 Å². The van der Waals surface area contributed by atoms with Crippen molar-refractivity contribution in [3.8, 4) is 0 Å². The van der Waals surface area contributed by atoms with Crippen LogP contribution in [0.15, 0.2) is 0 Å². The largest absolute Gasteiger partial charge is 1.00 e. The summed E-state index contributed by atoms with van der Waals surface area (Å²) in [4.78, 5) is 0. The molecule has 0 spiro atoms. The molecule has 0 bridgehead atoms. The molecule has 0 radical (unpaired) electrons. The maximum Gasteiger partial charge on any atom is 1.00 e. The molecule has 146 valence electrons. The van der Waals surface area contributed by atoms with Gasteiger partial charge in [0.15, 0.2) is 11.1 Å². The molecule has 0 saturated carbocycles. The van der Waals surface area contributed by atoms with E-state index in [0.717, 1.165) is 11.5 Å². The van der Waals surface area contributed by atoms with Crippen molar-refractivity contribution in [2.45, 2.75) is 24.4 Å². The Morgan fingerprint density at radius 1 is 0.731 bits per heavy atom. The van der Waals surface area contributed by atoms with Gasteiger partial charge in [0.2, 0.25) is 0 Å². The molecule has 5 N–H and O–H groups in total. The minimum atomic E-state index is -2.39. The van der Waals surface area contributed by atoms with Crippen LogP contribution < -0.4 is 59.1 Å². The molecule has 8 nitrogen and oxygen atoms in total. The molecule has 0 aromatic rings. The number of aliphatic hydroxyl groups is 4. The molecular formula is C10H21Na2O8S6+. The van der Waals surface area contributed by atoms with Gasteiger partial charge in [-0.05, 0) is 0 Å². The Morgan fingerprint density at radius 3 is 1.46 bits per heavy atom.